The highest BCUT2D eigenvalue weighted by Gasteiger charge is 2.27. The topological polar surface area (TPSA) is 69.9 Å². The standard InChI is InChI=1S/C27H23BrN2O4/c1-27(2,3)34-26(32)20-12-19-23-22(25(20)33-4)18-8-7-17(28)11-21(18)30(23)14-16(24(19)31)10-15-6-5-9-29-13-15/h5-9,11-14H,10H2,1-4H3. The molecule has 0 saturated heterocycles. The first-order valence-corrected chi connectivity index (χ1v) is 11.7. The predicted octanol–water partition coefficient (Wildman–Crippen LogP) is 5.76. The number of aromatic nitrogens is 2. The normalized spacial score (nSPS) is 12.0. The van der Waals surface area contributed by atoms with Crippen LogP contribution < -0.4 is 10.2 Å². The lowest BCUT2D eigenvalue weighted by atomic mass is 10.0. The zero-order valence-corrected chi connectivity index (χ0v) is 20.9. The molecule has 2 aromatic carbocycles. The number of hydrogen-bond donors (Lipinski definition) is 0. The van der Waals surface area contributed by atoms with Crippen molar-refractivity contribution in [1.82, 2.24) is 9.38 Å². The van der Waals surface area contributed by atoms with E-state index in [4.69, 9.17) is 9.47 Å². The monoisotopic (exact) mass is 518 g/mol. The van der Waals surface area contributed by atoms with Crippen molar-refractivity contribution in [3.05, 3.63) is 86.4 Å². The summed E-state index contributed by atoms with van der Waals surface area (Å²) in [5, 5.41) is 2.05. The van der Waals surface area contributed by atoms with Crippen molar-refractivity contribution < 1.29 is 14.3 Å². The van der Waals surface area contributed by atoms with E-state index in [1.807, 2.05) is 61.7 Å². The van der Waals surface area contributed by atoms with Crippen molar-refractivity contribution in [2.45, 2.75) is 32.8 Å². The predicted molar refractivity (Wildman–Crippen MR) is 136 cm³/mol. The van der Waals surface area contributed by atoms with Gasteiger partial charge in [0.15, 0.2) is 5.43 Å². The minimum absolute atomic E-state index is 0.129. The highest BCUT2D eigenvalue weighted by molar-refractivity contribution is 9.10. The summed E-state index contributed by atoms with van der Waals surface area (Å²) in [6.45, 7) is 5.43. The summed E-state index contributed by atoms with van der Waals surface area (Å²) in [5.74, 6) is -0.132. The number of esters is 1. The van der Waals surface area contributed by atoms with Crippen molar-refractivity contribution in [1.29, 1.82) is 0 Å². The van der Waals surface area contributed by atoms with Gasteiger partial charge in [-0.2, -0.15) is 0 Å². The van der Waals surface area contributed by atoms with Gasteiger partial charge in [0.25, 0.3) is 0 Å². The quantitative estimate of drug-likeness (QED) is 0.283. The van der Waals surface area contributed by atoms with Crippen LogP contribution in [0.3, 0.4) is 0 Å². The first-order chi connectivity index (χ1) is 16.2. The Kier molecular flexibility index (Phi) is 5.32. The summed E-state index contributed by atoms with van der Waals surface area (Å²) in [6.07, 6.45) is 5.76. The molecule has 3 heterocycles. The Labute approximate surface area is 204 Å². The Morgan fingerprint density at radius 3 is 2.62 bits per heavy atom. The number of benzene rings is 2. The lowest BCUT2D eigenvalue weighted by Gasteiger charge is -2.21. The third-order valence-corrected chi connectivity index (χ3v) is 6.24. The van der Waals surface area contributed by atoms with Crippen molar-refractivity contribution >= 4 is 49.1 Å². The minimum atomic E-state index is -0.692. The second-order valence-electron chi connectivity index (χ2n) is 9.28. The molecular formula is C27H23BrN2O4. The van der Waals surface area contributed by atoms with Gasteiger partial charge in [-0.1, -0.05) is 28.1 Å². The molecular weight excluding hydrogens is 496 g/mol. The summed E-state index contributed by atoms with van der Waals surface area (Å²) < 4.78 is 14.3. The first-order valence-electron chi connectivity index (χ1n) is 10.9. The Morgan fingerprint density at radius 1 is 1.15 bits per heavy atom. The number of nitrogens with zero attached hydrogens (tertiary/aromatic N) is 2. The average Bonchev–Trinajstić information content (AvgIpc) is 3.10. The van der Waals surface area contributed by atoms with Gasteiger partial charge in [0.1, 0.15) is 16.9 Å². The number of halogens is 1. The second kappa shape index (κ2) is 8.09. The molecule has 0 atom stereocenters. The van der Waals surface area contributed by atoms with E-state index in [2.05, 4.69) is 20.9 Å². The lowest BCUT2D eigenvalue weighted by Crippen LogP contribution is -2.24. The Morgan fingerprint density at radius 2 is 1.94 bits per heavy atom. The molecule has 0 bridgehead atoms. The van der Waals surface area contributed by atoms with E-state index in [9.17, 15) is 9.59 Å². The highest BCUT2D eigenvalue weighted by atomic mass is 79.9. The molecule has 0 radical (unpaired) electrons. The van der Waals surface area contributed by atoms with Crippen LogP contribution in [0, 0.1) is 0 Å². The number of carbonyl (C=O) groups excluding carboxylic acids is 1. The summed E-state index contributed by atoms with van der Waals surface area (Å²) in [5.41, 5.74) is 2.58. The molecule has 5 aromatic rings. The molecule has 7 heteroatoms. The summed E-state index contributed by atoms with van der Waals surface area (Å²) in [7, 11) is 1.53. The van der Waals surface area contributed by atoms with Gasteiger partial charge in [0, 0.05) is 45.8 Å². The molecule has 0 aliphatic rings. The maximum absolute atomic E-state index is 13.7. The van der Waals surface area contributed by atoms with Gasteiger partial charge < -0.3 is 13.9 Å². The second-order valence-corrected chi connectivity index (χ2v) is 10.2. The highest BCUT2D eigenvalue weighted by Crippen LogP contribution is 2.41. The maximum Gasteiger partial charge on any atom is 0.342 e. The van der Waals surface area contributed by atoms with Gasteiger partial charge >= 0.3 is 5.97 Å². The largest absolute Gasteiger partial charge is 0.495 e. The van der Waals surface area contributed by atoms with Crippen LogP contribution >= 0.6 is 15.9 Å². The van der Waals surface area contributed by atoms with E-state index < -0.39 is 11.6 Å². The number of fused-ring (bicyclic) bond motifs is 3. The number of hydrogen-bond acceptors (Lipinski definition) is 5. The molecule has 0 N–H and O–H groups in total. The molecule has 0 spiro atoms. The minimum Gasteiger partial charge on any atom is -0.495 e. The van der Waals surface area contributed by atoms with E-state index in [0.717, 1.165) is 26.5 Å². The van der Waals surface area contributed by atoms with Crippen molar-refractivity contribution in [2.24, 2.45) is 0 Å². The molecule has 0 aliphatic carbocycles. The van der Waals surface area contributed by atoms with Gasteiger partial charge in [0.05, 0.1) is 23.5 Å². The fraction of sp³-hybridized carbons (Fsp3) is 0.222. The van der Waals surface area contributed by atoms with Crippen LogP contribution in [-0.4, -0.2) is 28.1 Å². The fourth-order valence-corrected chi connectivity index (χ4v) is 4.78. The van der Waals surface area contributed by atoms with Gasteiger partial charge in [-0.25, -0.2) is 4.79 Å². The van der Waals surface area contributed by atoms with Crippen LogP contribution in [0.5, 0.6) is 5.75 Å². The van der Waals surface area contributed by atoms with Crippen LogP contribution in [0.2, 0.25) is 0 Å². The number of ether oxygens (including phenoxy) is 2. The third-order valence-electron chi connectivity index (χ3n) is 5.74. The van der Waals surface area contributed by atoms with E-state index in [1.54, 1.807) is 18.5 Å². The van der Waals surface area contributed by atoms with Gasteiger partial charge in [-0.05, 0) is 50.6 Å². The van der Waals surface area contributed by atoms with Crippen LogP contribution in [-0.2, 0) is 11.2 Å². The molecule has 3 aromatic heterocycles. The average molecular weight is 519 g/mol. The molecule has 172 valence electrons. The molecule has 34 heavy (non-hydrogen) atoms. The van der Waals surface area contributed by atoms with Crippen molar-refractivity contribution in [3.8, 4) is 5.75 Å². The zero-order valence-electron chi connectivity index (χ0n) is 19.3. The van der Waals surface area contributed by atoms with Crippen LogP contribution in [0.1, 0.15) is 42.3 Å². The van der Waals surface area contributed by atoms with Gasteiger partial charge in [-0.15, -0.1) is 0 Å². The van der Waals surface area contributed by atoms with Crippen LogP contribution in [0.25, 0.3) is 27.2 Å². The first kappa shape index (κ1) is 22.3. The van der Waals surface area contributed by atoms with Crippen LogP contribution in [0.15, 0.2) is 64.3 Å². The smallest absolute Gasteiger partial charge is 0.342 e. The summed E-state index contributed by atoms with van der Waals surface area (Å²) in [4.78, 5) is 31.1. The summed E-state index contributed by atoms with van der Waals surface area (Å²) in [6, 6.07) is 11.3. The van der Waals surface area contributed by atoms with E-state index in [0.29, 0.717) is 28.5 Å². The fourth-order valence-electron chi connectivity index (χ4n) is 4.43. The molecule has 6 nitrogen and oxygen atoms in total. The lowest BCUT2D eigenvalue weighted by molar-refractivity contribution is 0.00669. The van der Waals surface area contributed by atoms with Crippen molar-refractivity contribution in [2.75, 3.05) is 7.11 Å². The maximum atomic E-state index is 13.7. The summed E-state index contributed by atoms with van der Waals surface area (Å²) >= 11 is 3.56. The molecule has 0 unspecified atom stereocenters. The van der Waals surface area contributed by atoms with Gasteiger partial charge in [-0.3, -0.25) is 9.78 Å². The number of rotatable bonds is 4. The Hall–Kier alpha value is -3.45. The SMILES string of the molecule is COc1c(C(=O)OC(C)(C)C)cc2c(=O)c(Cc3cccnc3)cn3c4cc(Br)ccc4c1c23. The molecule has 0 amide bonds. The molecule has 0 fully saturated rings. The number of carbonyl (C=O) groups is 1. The molecule has 0 aliphatic heterocycles. The Balaban J connectivity index is 1.90. The van der Waals surface area contributed by atoms with E-state index >= 15 is 0 Å². The van der Waals surface area contributed by atoms with Crippen LogP contribution in [0.4, 0.5) is 0 Å². The van der Waals surface area contributed by atoms with E-state index in [1.165, 1.54) is 7.11 Å². The third kappa shape index (κ3) is 3.70. The molecule has 0 saturated carbocycles. The Bertz CT molecular complexity index is 1620. The van der Waals surface area contributed by atoms with E-state index in [-0.39, 0.29) is 11.0 Å². The molecule has 5 rings (SSSR count). The zero-order chi connectivity index (χ0) is 24.2. The number of pyridine rings is 2. The van der Waals surface area contributed by atoms with Crippen molar-refractivity contribution in [3.63, 3.8) is 0 Å². The van der Waals surface area contributed by atoms with Gasteiger partial charge in [0.2, 0.25) is 0 Å². The number of methoxy groups -OCH3 is 1.